The number of oxazole rings is 1. The van der Waals surface area contributed by atoms with E-state index in [1.54, 1.807) is 0 Å². The fourth-order valence-electron chi connectivity index (χ4n) is 3.16. The van der Waals surface area contributed by atoms with E-state index in [9.17, 15) is 0 Å². The highest BCUT2D eigenvalue weighted by molar-refractivity contribution is 5.74. The van der Waals surface area contributed by atoms with Crippen LogP contribution in [0.1, 0.15) is 12.8 Å². The lowest BCUT2D eigenvalue weighted by Crippen LogP contribution is -2.48. The Bertz CT molecular complexity index is 565. The number of ether oxygens (including phenoxy) is 1. The van der Waals surface area contributed by atoms with Gasteiger partial charge in [0.05, 0.1) is 12.7 Å². The Kier molecular flexibility index (Phi) is 3.09. The summed E-state index contributed by atoms with van der Waals surface area (Å²) < 4.78 is 11.6. The first-order chi connectivity index (χ1) is 9.88. The maximum absolute atomic E-state index is 5.91. The minimum Gasteiger partial charge on any atom is -0.424 e. The molecule has 5 nitrogen and oxygen atoms in total. The summed E-state index contributed by atoms with van der Waals surface area (Å²) in [5, 5.41) is 3.25. The van der Waals surface area contributed by atoms with Gasteiger partial charge in [0.15, 0.2) is 5.58 Å². The highest BCUT2D eigenvalue weighted by atomic mass is 16.5. The molecule has 0 aliphatic carbocycles. The van der Waals surface area contributed by atoms with E-state index in [0.29, 0.717) is 12.1 Å². The highest BCUT2D eigenvalue weighted by Crippen LogP contribution is 2.23. The summed E-state index contributed by atoms with van der Waals surface area (Å²) in [6.07, 6.45) is 2.81. The summed E-state index contributed by atoms with van der Waals surface area (Å²) >= 11 is 0. The number of rotatable bonds is 3. The van der Waals surface area contributed by atoms with Gasteiger partial charge in [-0.15, -0.1) is 0 Å². The van der Waals surface area contributed by atoms with Crippen LogP contribution in [0.5, 0.6) is 0 Å². The Morgan fingerprint density at radius 2 is 2.30 bits per heavy atom. The van der Waals surface area contributed by atoms with Gasteiger partial charge in [-0.05, 0) is 31.5 Å². The summed E-state index contributed by atoms with van der Waals surface area (Å²) in [5.74, 6) is 0. The van der Waals surface area contributed by atoms with Gasteiger partial charge >= 0.3 is 0 Å². The fourth-order valence-corrected chi connectivity index (χ4v) is 3.16. The Morgan fingerprint density at radius 3 is 3.25 bits per heavy atom. The number of fused-ring (bicyclic) bond motifs is 2. The van der Waals surface area contributed by atoms with Gasteiger partial charge in [0.1, 0.15) is 5.52 Å². The normalized spacial score (nSPS) is 26.8. The molecule has 2 saturated heterocycles. The smallest absolute Gasteiger partial charge is 0.295 e. The van der Waals surface area contributed by atoms with Crippen molar-refractivity contribution in [1.29, 1.82) is 0 Å². The van der Waals surface area contributed by atoms with Crippen LogP contribution in [-0.2, 0) is 4.74 Å². The minimum atomic E-state index is 0.222. The van der Waals surface area contributed by atoms with Gasteiger partial charge < -0.3 is 14.5 Å². The molecule has 2 atom stereocenters. The number of nitrogens with one attached hydrogen (secondary N) is 1. The van der Waals surface area contributed by atoms with Gasteiger partial charge in [0, 0.05) is 19.1 Å². The summed E-state index contributed by atoms with van der Waals surface area (Å²) in [6.45, 7) is 3.83. The molecule has 2 fully saturated rings. The molecular formula is C15H19N3O2. The average molecular weight is 273 g/mol. The number of para-hydroxylation sites is 2. The van der Waals surface area contributed by atoms with Crippen LogP contribution in [0.3, 0.4) is 0 Å². The molecule has 5 heteroatoms. The Morgan fingerprint density at radius 1 is 1.35 bits per heavy atom. The molecule has 1 N–H and O–H groups in total. The molecule has 2 aliphatic heterocycles. The molecule has 0 unspecified atom stereocenters. The third-order valence-electron chi connectivity index (χ3n) is 4.24. The number of morpholine rings is 1. The third-order valence-corrected chi connectivity index (χ3v) is 4.24. The summed E-state index contributed by atoms with van der Waals surface area (Å²) in [4.78, 5) is 6.96. The van der Waals surface area contributed by atoms with E-state index < -0.39 is 0 Å². The van der Waals surface area contributed by atoms with E-state index in [-0.39, 0.29) is 6.10 Å². The van der Waals surface area contributed by atoms with Gasteiger partial charge in [-0.2, -0.15) is 4.98 Å². The molecule has 1 aromatic heterocycles. The second kappa shape index (κ2) is 5.07. The van der Waals surface area contributed by atoms with Crippen molar-refractivity contribution in [1.82, 2.24) is 9.88 Å². The van der Waals surface area contributed by atoms with Crippen molar-refractivity contribution in [2.45, 2.75) is 25.0 Å². The van der Waals surface area contributed by atoms with Crippen LogP contribution < -0.4 is 5.32 Å². The number of nitrogens with zero attached hydrogens (tertiary/aromatic N) is 2. The maximum atomic E-state index is 5.91. The first-order valence-corrected chi connectivity index (χ1v) is 7.33. The van der Waals surface area contributed by atoms with Gasteiger partial charge in [0.25, 0.3) is 6.01 Å². The van der Waals surface area contributed by atoms with Crippen molar-refractivity contribution in [3.8, 4) is 0 Å². The minimum absolute atomic E-state index is 0.222. The quantitative estimate of drug-likeness (QED) is 0.928. The molecule has 3 heterocycles. The molecule has 20 heavy (non-hydrogen) atoms. The lowest BCUT2D eigenvalue weighted by atomic mass is 10.2. The number of anilines is 1. The van der Waals surface area contributed by atoms with Gasteiger partial charge in [0.2, 0.25) is 0 Å². The highest BCUT2D eigenvalue weighted by Gasteiger charge is 2.32. The van der Waals surface area contributed by atoms with Crippen molar-refractivity contribution >= 4 is 17.1 Å². The topological polar surface area (TPSA) is 50.5 Å². The van der Waals surface area contributed by atoms with E-state index in [0.717, 1.165) is 30.8 Å². The second-order valence-electron chi connectivity index (χ2n) is 5.61. The van der Waals surface area contributed by atoms with Gasteiger partial charge in [-0.1, -0.05) is 12.1 Å². The molecule has 1 aromatic carbocycles. The predicted octanol–water partition coefficient (Wildman–Crippen LogP) is 2.10. The van der Waals surface area contributed by atoms with Crippen LogP contribution >= 0.6 is 0 Å². The standard InChI is InChI=1S/C15H19N3O2/c1-2-6-14-13(5-1)17-15(20-14)16-8-12-9-18-7-3-4-11(18)10-19-12/h1-2,5-6,11-12H,3-4,7-10H2,(H,16,17)/t11-,12+/m0/s1. The zero-order chi connectivity index (χ0) is 13.4. The van der Waals surface area contributed by atoms with Crippen molar-refractivity contribution in [2.75, 3.05) is 31.6 Å². The first kappa shape index (κ1) is 12.2. The van der Waals surface area contributed by atoms with Crippen LogP contribution in [0.2, 0.25) is 0 Å². The number of benzene rings is 1. The van der Waals surface area contributed by atoms with Crippen LogP contribution in [0.25, 0.3) is 11.1 Å². The largest absolute Gasteiger partial charge is 0.424 e. The zero-order valence-corrected chi connectivity index (χ0v) is 11.4. The second-order valence-corrected chi connectivity index (χ2v) is 5.61. The van der Waals surface area contributed by atoms with Crippen molar-refractivity contribution in [3.63, 3.8) is 0 Å². The first-order valence-electron chi connectivity index (χ1n) is 7.33. The summed E-state index contributed by atoms with van der Waals surface area (Å²) in [6, 6.07) is 9.03. The van der Waals surface area contributed by atoms with Gasteiger partial charge in [-0.3, -0.25) is 4.90 Å². The van der Waals surface area contributed by atoms with E-state index >= 15 is 0 Å². The van der Waals surface area contributed by atoms with Crippen molar-refractivity contribution in [3.05, 3.63) is 24.3 Å². The molecule has 2 aliphatic rings. The summed E-state index contributed by atoms with van der Waals surface area (Å²) in [7, 11) is 0. The lowest BCUT2D eigenvalue weighted by molar-refractivity contribution is -0.0417. The molecule has 4 rings (SSSR count). The SMILES string of the molecule is c1ccc2oc(NC[C@@H]3CN4CCC[C@H]4CO3)nc2c1. The third kappa shape index (κ3) is 2.27. The van der Waals surface area contributed by atoms with E-state index in [1.807, 2.05) is 24.3 Å². The van der Waals surface area contributed by atoms with E-state index in [2.05, 4.69) is 15.2 Å². The monoisotopic (exact) mass is 273 g/mol. The Balaban J connectivity index is 1.38. The van der Waals surface area contributed by atoms with Crippen LogP contribution in [0.4, 0.5) is 6.01 Å². The van der Waals surface area contributed by atoms with E-state index in [4.69, 9.17) is 9.15 Å². The Labute approximate surface area is 117 Å². The molecule has 0 radical (unpaired) electrons. The zero-order valence-electron chi connectivity index (χ0n) is 11.4. The van der Waals surface area contributed by atoms with Crippen LogP contribution in [-0.4, -0.2) is 48.3 Å². The van der Waals surface area contributed by atoms with Crippen LogP contribution in [0.15, 0.2) is 28.7 Å². The average Bonchev–Trinajstić information content (AvgIpc) is 3.10. The molecule has 2 aromatic rings. The molecule has 0 spiro atoms. The number of aromatic nitrogens is 1. The molecule has 0 bridgehead atoms. The molecule has 0 amide bonds. The van der Waals surface area contributed by atoms with E-state index in [1.165, 1.54) is 19.4 Å². The van der Waals surface area contributed by atoms with Crippen LogP contribution in [0, 0.1) is 0 Å². The lowest BCUT2D eigenvalue weighted by Gasteiger charge is -2.35. The predicted molar refractivity (Wildman–Crippen MR) is 76.8 cm³/mol. The summed E-state index contributed by atoms with van der Waals surface area (Å²) in [5.41, 5.74) is 1.71. The number of hydrogen-bond acceptors (Lipinski definition) is 5. The maximum Gasteiger partial charge on any atom is 0.295 e. The molecular weight excluding hydrogens is 254 g/mol. The Hall–Kier alpha value is -1.59. The molecule has 106 valence electrons. The van der Waals surface area contributed by atoms with Crippen molar-refractivity contribution in [2.24, 2.45) is 0 Å². The van der Waals surface area contributed by atoms with Crippen molar-refractivity contribution < 1.29 is 9.15 Å². The number of hydrogen-bond donors (Lipinski definition) is 1. The fraction of sp³-hybridized carbons (Fsp3) is 0.533. The molecule has 0 saturated carbocycles. The van der Waals surface area contributed by atoms with Gasteiger partial charge in [-0.25, -0.2) is 0 Å².